The number of hydrogen-bond donors (Lipinski definition) is 1. The van der Waals surface area contributed by atoms with Crippen LogP contribution < -0.4 is 9.47 Å². The van der Waals surface area contributed by atoms with Gasteiger partial charge in [-0.3, -0.25) is 14.5 Å². The fourth-order valence-corrected chi connectivity index (χ4v) is 9.81. The highest BCUT2D eigenvalue weighted by molar-refractivity contribution is 5.77. The average Bonchev–Trinajstić information content (AvgIpc) is 3.82. The number of phenolic OH excluding ortho intramolecular Hbond substituents is 1. The van der Waals surface area contributed by atoms with Crippen LogP contribution in [0.1, 0.15) is 114 Å². The van der Waals surface area contributed by atoms with Crippen LogP contribution in [0, 0.1) is 11.8 Å². The lowest BCUT2D eigenvalue weighted by Gasteiger charge is -2.60. The number of aryl methyl sites for hydroxylation is 1. The van der Waals surface area contributed by atoms with Gasteiger partial charge >= 0.3 is 5.97 Å². The van der Waals surface area contributed by atoms with Crippen LogP contribution in [0.3, 0.4) is 0 Å². The second-order valence-corrected chi connectivity index (χ2v) is 15.3. The summed E-state index contributed by atoms with van der Waals surface area (Å²) in [6.45, 7) is 3.54. The molecule has 2 heterocycles. The van der Waals surface area contributed by atoms with E-state index in [1.54, 1.807) is 6.07 Å². The Balaban J connectivity index is 0.965. The maximum Gasteiger partial charge on any atom is 0.308 e. The van der Waals surface area contributed by atoms with E-state index in [0.29, 0.717) is 29.9 Å². The van der Waals surface area contributed by atoms with Gasteiger partial charge in [0.25, 0.3) is 0 Å². The normalized spacial score (nSPS) is 27.2. The quantitative estimate of drug-likeness (QED) is 0.124. The topological polar surface area (TPSA) is 79.3 Å². The first-order valence-electron chi connectivity index (χ1n) is 18.6. The molecule has 1 saturated heterocycles. The molecule has 2 bridgehead atoms. The van der Waals surface area contributed by atoms with Crippen LogP contribution >= 0.6 is 0 Å². The molecule has 0 unspecified atom stereocenters. The Kier molecular flexibility index (Phi) is 9.55. The van der Waals surface area contributed by atoms with Crippen LogP contribution in [0.25, 0.3) is 0 Å². The number of likely N-dealkylation sites (N-methyl/N-ethyl adjacent to an activating group) is 1. The van der Waals surface area contributed by atoms with E-state index in [4.69, 9.17) is 9.47 Å². The number of phenols is 1. The molecule has 5 aliphatic rings. The van der Waals surface area contributed by atoms with E-state index in [0.717, 1.165) is 68.7 Å². The fraction of sp³-hybridized carbons (Fsp3) is 0.650. The molecule has 0 aromatic heterocycles. The van der Waals surface area contributed by atoms with Crippen molar-refractivity contribution in [3.8, 4) is 17.2 Å². The molecule has 1 amide bonds. The average molecular weight is 643 g/mol. The third-order valence-electron chi connectivity index (χ3n) is 12.3. The number of nitrogens with zero attached hydrogens (tertiary/aromatic N) is 2. The summed E-state index contributed by atoms with van der Waals surface area (Å²) in [4.78, 5) is 30.4. The van der Waals surface area contributed by atoms with E-state index in [2.05, 4.69) is 35.2 Å². The molecule has 254 valence electrons. The van der Waals surface area contributed by atoms with E-state index in [1.165, 1.54) is 70.3 Å². The van der Waals surface area contributed by atoms with Crippen molar-refractivity contribution < 1.29 is 24.2 Å². The Morgan fingerprint density at radius 2 is 1.72 bits per heavy atom. The molecular formula is C40H54N2O5. The Labute approximate surface area is 281 Å². The number of ether oxygens (including phenoxy) is 2. The Bertz CT molecular complexity index is 1440. The van der Waals surface area contributed by atoms with Gasteiger partial charge in [-0.2, -0.15) is 0 Å². The predicted molar refractivity (Wildman–Crippen MR) is 183 cm³/mol. The largest absolute Gasteiger partial charge is 0.508 e. The number of esters is 1. The standard InChI is InChI=1S/C40H54N2O5/c1-27(43)46-35-25-34(44)30-24-33-31-20-21-32(39-40(31,37(30)38(35)47-39)22-23-42(33)26-29-18-19-29)41(2)36(45)17-13-8-6-4-3-5-7-10-14-28-15-11-9-12-16-28/h9,11-12,15-16,25,29,31-33,39,44H,3-8,10,13-14,17-24,26H2,1-2H3/t31-,32+,33+,39-,40-/m0/s1. The summed E-state index contributed by atoms with van der Waals surface area (Å²) < 4.78 is 12.5. The van der Waals surface area contributed by atoms with Crippen LogP contribution in [0.4, 0.5) is 0 Å². The van der Waals surface area contributed by atoms with Gasteiger partial charge in [-0.1, -0.05) is 68.9 Å². The molecule has 7 rings (SSSR count). The number of aromatic hydroxyl groups is 1. The Hall–Kier alpha value is -3.06. The van der Waals surface area contributed by atoms with Gasteiger partial charge in [0.2, 0.25) is 5.91 Å². The molecule has 3 aliphatic carbocycles. The minimum Gasteiger partial charge on any atom is -0.508 e. The maximum atomic E-state index is 13.7. The zero-order valence-corrected chi connectivity index (χ0v) is 28.6. The minimum atomic E-state index is -0.423. The lowest BCUT2D eigenvalue weighted by molar-refractivity contribution is -0.140. The highest BCUT2D eigenvalue weighted by atomic mass is 16.6. The summed E-state index contributed by atoms with van der Waals surface area (Å²) in [7, 11) is 1.97. The van der Waals surface area contributed by atoms with Crippen LogP contribution in [0.5, 0.6) is 17.2 Å². The maximum absolute atomic E-state index is 13.7. The van der Waals surface area contributed by atoms with Crippen LogP contribution in [0.15, 0.2) is 36.4 Å². The van der Waals surface area contributed by atoms with Gasteiger partial charge in [-0.05, 0) is 81.7 Å². The van der Waals surface area contributed by atoms with Crippen molar-refractivity contribution in [3.05, 3.63) is 53.1 Å². The fourth-order valence-electron chi connectivity index (χ4n) is 9.81. The van der Waals surface area contributed by atoms with E-state index >= 15 is 0 Å². The van der Waals surface area contributed by atoms with Crippen LogP contribution in [-0.2, 0) is 27.8 Å². The third-order valence-corrected chi connectivity index (χ3v) is 12.3. The van der Waals surface area contributed by atoms with E-state index in [-0.39, 0.29) is 29.2 Å². The summed E-state index contributed by atoms with van der Waals surface area (Å²) in [6, 6.07) is 12.7. The molecule has 47 heavy (non-hydrogen) atoms. The zero-order chi connectivity index (χ0) is 32.5. The number of carbonyl (C=O) groups excluding carboxylic acids is 2. The summed E-state index contributed by atoms with van der Waals surface area (Å²) in [5, 5.41) is 11.3. The number of amides is 1. The van der Waals surface area contributed by atoms with Crippen molar-refractivity contribution >= 4 is 11.9 Å². The van der Waals surface area contributed by atoms with Crippen LogP contribution in [-0.4, -0.2) is 65.1 Å². The molecule has 2 aromatic rings. The molecule has 2 aliphatic heterocycles. The smallest absolute Gasteiger partial charge is 0.308 e. The van der Waals surface area contributed by atoms with Gasteiger partial charge in [0, 0.05) is 55.6 Å². The van der Waals surface area contributed by atoms with Gasteiger partial charge in [-0.25, -0.2) is 0 Å². The molecule has 2 aromatic carbocycles. The van der Waals surface area contributed by atoms with Gasteiger partial charge < -0.3 is 19.5 Å². The molecule has 7 nitrogen and oxygen atoms in total. The van der Waals surface area contributed by atoms with Crippen LogP contribution in [0.2, 0.25) is 0 Å². The van der Waals surface area contributed by atoms with Crippen molar-refractivity contribution in [3.63, 3.8) is 0 Å². The first kappa shape index (κ1) is 32.5. The van der Waals surface area contributed by atoms with E-state index in [1.807, 2.05) is 11.9 Å². The van der Waals surface area contributed by atoms with Gasteiger partial charge in [0.05, 0.1) is 6.04 Å². The highest BCUT2D eigenvalue weighted by Gasteiger charge is 2.67. The van der Waals surface area contributed by atoms with Crippen molar-refractivity contribution in [1.29, 1.82) is 0 Å². The minimum absolute atomic E-state index is 0.0454. The first-order valence-corrected chi connectivity index (χ1v) is 18.6. The monoisotopic (exact) mass is 642 g/mol. The predicted octanol–water partition coefficient (Wildman–Crippen LogP) is 7.35. The highest BCUT2D eigenvalue weighted by Crippen LogP contribution is 2.65. The van der Waals surface area contributed by atoms with Gasteiger partial charge in [-0.15, -0.1) is 0 Å². The summed E-state index contributed by atoms with van der Waals surface area (Å²) >= 11 is 0. The molecule has 7 heteroatoms. The molecule has 1 N–H and O–H groups in total. The lowest BCUT2D eigenvalue weighted by atomic mass is 9.50. The van der Waals surface area contributed by atoms with Gasteiger partial charge in [0.15, 0.2) is 11.5 Å². The summed E-state index contributed by atoms with van der Waals surface area (Å²) in [6.07, 6.45) is 17.5. The molecule has 2 saturated carbocycles. The Morgan fingerprint density at radius 1 is 1.00 bits per heavy atom. The first-order chi connectivity index (χ1) is 22.9. The van der Waals surface area contributed by atoms with E-state index < -0.39 is 5.97 Å². The molecule has 1 spiro atoms. The second kappa shape index (κ2) is 13.8. The number of likely N-dealkylation sites (tertiary alicyclic amines) is 1. The van der Waals surface area contributed by atoms with Crippen molar-refractivity contribution in [2.75, 3.05) is 20.1 Å². The summed E-state index contributed by atoms with van der Waals surface area (Å²) in [5.41, 5.74) is 3.19. The number of carbonyl (C=O) groups is 2. The number of rotatable bonds is 15. The number of benzene rings is 2. The number of unbranched alkanes of at least 4 members (excludes halogenated alkanes) is 7. The Morgan fingerprint density at radius 3 is 2.45 bits per heavy atom. The molecule has 5 atom stereocenters. The molecule has 0 radical (unpaired) electrons. The van der Waals surface area contributed by atoms with Crippen molar-refractivity contribution in [2.24, 2.45) is 11.8 Å². The second-order valence-electron chi connectivity index (χ2n) is 15.3. The summed E-state index contributed by atoms with van der Waals surface area (Å²) in [5.74, 6) is 2.14. The third kappa shape index (κ3) is 6.41. The van der Waals surface area contributed by atoms with Crippen molar-refractivity contribution in [2.45, 2.75) is 133 Å². The SMILES string of the molecule is CC(=O)Oc1cc(O)c2c3c1O[C@H]1[C@H](N(C)C(=O)CCCCCCCCCCc4ccccc4)CC[C@H]4[C@@H](C2)N(CC2CC2)CC[C@@]341. The number of piperidine rings is 1. The molecule has 3 fully saturated rings. The lowest BCUT2D eigenvalue weighted by Crippen LogP contribution is -2.69. The van der Waals surface area contributed by atoms with Crippen molar-refractivity contribution in [1.82, 2.24) is 9.80 Å². The van der Waals surface area contributed by atoms with Gasteiger partial charge in [0.1, 0.15) is 11.9 Å². The van der Waals surface area contributed by atoms with E-state index in [9.17, 15) is 14.7 Å². The number of hydrogen-bond acceptors (Lipinski definition) is 6. The zero-order valence-electron chi connectivity index (χ0n) is 28.6. The molecular weight excluding hydrogens is 588 g/mol.